The molecule has 0 radical (unpaired) electrons. The number of imidazole rings is 1. The molecule has 0 bridgehead atoms. The van der Waals surface area contributed by atoms with Crippen molar-refractivity contribution in [3.05, 3.63) is 18.2 Å². The summed E-state index contributed by atoms with van der Waals surface area (Å²) in [6.07, 6.45) is 10.6. The van der Waals surface area contributed by atoms with Crippen molar-refractivity contribution in [2.24, 2.45) is 5.92 Å². The fraction of sp³-hybridized carbons (Fsp3) is 0.765. The number of nitrogens with zero attached hydrogens (tertiary/aromatic N) is 3. The van der Waals surface area contributed by atoms with Gasteiger partial charge in [0.15, 0.2) is 0 Å². The number of H-pyrrole nitrogens is 1. The van der Waals surface area contributed by atoms with E-state index < -0.39 is 0 Å². The average Bonchev–Trinajstić information content (AvgIpc) is 3.08. The van der Waals surface area contributed by atoms with Crippen molar-refractivity contribution < 1.29 is 4.79 Å². The van der Waals surface area contributed by atoms with Crippen LogP contribution in [0.15, 0.2) is 12.5 Å². The minimum Gasteiger partial charge on any atom is -0.348 e. The molecule has 1 atom stereocenters. The van der Waals surface area contributed by atoms with Gasteiger partial charge in [0, 0.05) is 43.4 Å². The molecular formula is C17H28N4O. The van der Waals surface area contributed by atoms with Crippen LogP contribution in [0.3, 0.4) is 0 Å². The molecule has 2 saturated heterocycles. The summed E-state index contributed by atoms with van der Waals surface area (Å²) in [5, 5.41) is 0. The van der Waals surface area contributed by atoms with Crippen molar-refractivity contribution in [2.75, 3.05) is 26.2 Å². The summed E-state index contributed by atoms with van der Waals surface area (Å²) in [7, 11) is 0. The highest BCUT2D eigenvalue weighted by Crippen LogP contribution is 2.22. The van der Waals surface area contributed by atoms with Crippen molar-refractivity contribution in [3.63, 3.8) is 0 Å². The van der Waals surface area contributed by atoms with Gasteiger partial charge in [-0.05, 0) is 38.8 Å². The highest BCUT2D eigenvalue weighted by atomic mass is 16.2. The summed E-state index contributed by atoms with van der Waals surface area (Å²) < 4.78 is 0. The molecule has 0 aromatic carbocycles. The summed E-state index contributed by atoms with van der Waals surface area (Å²) in [5.74, 6) is 0.332. The molecule has 1 N–H and O–H groups in total. The Balaban J connectivity index is 1.46. The fourth-order valence-corrected chi connectivity index (χ4v) is 3.86. The van der Waals surface area contributed by atoms with Crippen LogP contribution >= 0.6 is 0 Å². The molecule has 0 spiro atoms. The van der Waals surface area contributed by atoms with Gasteiger partial charge in [0.1, 0.15) is 0 Å². The van der Waals surface area contributed by atoms with Gasteiger partial charge in [-0.25, -0.2) is 4.98 Å². The van der Waals surface area contributed by atoms with E-state index in [-0.39, 0.29) is 5.92 Å². The van der Waals surface area contributed by atoms with Gasteiger partial charge < -0.3 is 14.8 Å². The SMILES string of the molecule is CC(Cc1cnc[nH]1)C(=O)N1CCC(N2CCCCC2)CC1. The average molecular weight is 304 g/mol. The molecule has 5 heteroatoms. The molecule has 0 aliphatic carbocycles. The zero-order chi connectivity index (χ0) is 15.4. The van der Waals surface area contributed by atoms with E-state index in [9.17, 15) is 4.79 Å². The zero-order valence-corrected chi connectivity index (χ0v) is 13.6. The van der Waals surface area contributed by atoms with E-state index in [0.717, 1.165) is 38.0 Å². The van der Waals surface area contributed by atoms with Crippen molar-refractivity contribution in [1.82, 2.24) is 19.8 Å². The third-order valence-electron chi connectivity index (χ3n) is 5.19. The Hall–Kier alpha value is -1.36. The molecular weight excluding hydrogens is 276 g/mol. The van der Waals surface area contributed by atoms with Gasteiger partial charge in [-0.3, -0.25) is 4.79 Å². The highest BCUT2D eigenvalue weighted by Gasteiger charge is 2.29. The number of rotatable bonds is 4. The monoisotopic (exact) mass is 304 g/mol. The van der Waals surface area contributed by atoms with Crippen molar-refractivity contribution in [3.8, 4) is 0 Å². The fourth-order valence-electron chi connectivity index (χ4n) is 3.86. The smallest absolute Gasteiger partial charge is 0.225 e. The lowest BCUT2D eigenvalue weighted by Crippen LogP contribution is -2.49. The predicted octanol–water partition coefficient (Wildman–Crippen LogP) is 2.07. The van der Waals surface area contributed by atoms with Crippen LogP contribution in [0.5, 0.6) is 0 Å². The van der Waals surface area contributed by atoms with Gasteiger partial charge in [-0.2, -0.15) is 0 Å². The van der Waals surface area contributed by atoms with Crippen LogP contribution in [-0.2, 0) is 11.2 Å². The van der Waals surface area contributed by atoms with Gasteiger partial charge in [0.2, 0.25) is 5.91 Å². The second-order valence-electron chi connectivity index (χ2n) is 6.84. The van der Waals surface area contributed by atoms with Crippen LogP contribution in [0, 0.1) is 5.92 Å². The van der Waals surface area contributed by atoms with Crippen LogP contribution in [0.25, 0.3) is 0 Å². The number of carbonyl (C=O) groups is 1. The molecule has 22 heavy (non-hydrogen) atoms. The molecule has 122 valence electrons. The summed E-state index contributed by atoms with van der Waals surface area (Å²) in [5.41, 5.74) is 1.05. The first-order valence-electron chi connectivity index (χ1n) is 8.74. The van der Waals surface area contributed by atoms with Gasteiger partial charge in [0.05, 0.1) is 6.33 Å². The molecule has 2 aliphatic rings. The van der Waals surface area contributed by atoms with E-state index in [1.807, 2.05) is 13.1 Å². The molecule has 2 fully saturated rings. The lowest BCUT2D eigenvalue weighted by molar-refractivity contribution is -0.136. The summed E-state index contributed by atoms with van der Waals surface area (Å²) in [4.78, 5) is 24.4. The maximum Gasteiger partial charge on any atom is 0.225 e. The van der Waals surface area contributed by atoms with Crippen LogP contribution in [0.1, 0.15) is 44.7 Å². The molecule has 1 aromatic rings. The number of hydrogen-bond donors (Lipinski definition) is 1. The number of carbonyl (C=O) groups excluding carboxylic acids is 1. The number of aromatic amines is 1. The number of likely N-dealkylation sites (tertiary alicyclic amines) is 2. The van der Waals surface area contributed by atoms with E-state index in [2.05, 4.69) is 19.8 Å². The molecule has 2 aliphatic heterocycles. The molecule has 5 nitrogen and oxygen atoms in total. The predicted molar refractivity (Wildman–Crippen MR) is 86.5 cm³/mol. The van der Waals surface area contributed by atoms with Crippen LogP contribution in [-0.4, -0.2) is 57.9 Å². The Bertz CT molecular complexity index is 459. The standard InChI is InChI=1S/C17H28N4O/c1-14(11-15-12-18-13-19-15)17(22)21-9-5-16(6-10-21)20-7-3-2-4-8-20/h12-14,16H,2-11H2,1H3,(H,18,19). The van der Waals surface area contributed by atoms with Gasteiger partial charge in [-0.1, -0.05) is 13.3 Å². The maximum absolute atomic E-state index is 12.6. The van der Waals surface area contributed by atoms with E-state index in [0.29, 0.717) is 11.9 Å². The molecule has 1 amide bonds. The van der Waals surface area contributed by atoms with Gasteiger partial charge in [-0.15, -0.1) is 0 Å². The van der Waals surface area contributed by atoms with Crippen LogP contribution < -0.4 is 0 Å². The van der Waals surface area contributed by atoms with Gasteiger partial charge in [0.25, 0.3) is 0 Å². The van der Waals surface area contributed by atoms with Crippen LogP contribution in [0.2, 0.25) is 0 Å². The Kier molecular flexibility index (Phi) is 5.13. The molecule has 0 saturated carbocycles. The molecule has 1 unspecified atom stereocenters. The third kappa shape index (κ3) is 3.69. The van der Waals surface area contributed by atoms with E-state index >= 15 is 0 Å². The quantitative estimate of drug-likeness (QED) is 0.926. The normalized spacial score (nSPS) is 22.7. The summed E-state index contributed by atoms with van der Waals surface area (Å²) >= 11 is 0. The number of nitrogens with one attached hydrogen (secondary N) is 1. The Labute approximate surface area is 133 Å². The van der Waals surface area contributed by atoms with Gasteiger partial charge >= 0.3 is 0 Å². The van der Waals surface area contributed by atoms with E-state index in [1.165, 1.54) is 32.4 Å². The van der Waals surface area contributed by atoms with Crippen LogP contribution in [0.4, 0.5) is 0 Å². The largest absolute Gasteiger partial charge is 0.348 e. The zero-order valence-electron chi connectivity index (χ0n) is 13.6. The molecule has 1 aromatic heterocycles. The number of piperidine rings is 2. The molecule has 3 rings (SSSR count). The Morgan fingerprint density at radius 3 is 2.64 bits per heavy atom. The Morgan fingerprint density at radius 1 is 1.27 bits per heavy atom. The number of aromatic nitrogens is 2. The second-order valence-corrected chi connectivity index (χ2v) is 6.84. The summed E-state index contributed by atoms with van der Waals surface area (Å²) in [6.45, 7) is 6.39. The lowest BCUT2D eigenvalue weighted by atomic mass is 9.97. The lowest BCUT2D eigenvalue weighted by Gasteiger charge is -2.40. The van der Waals surface area contributed by atoms with E-state index in [4.69, 9.17) is 0 Å². The first kappa shape index (κ1) is 15.5. The second kappa shape index (κ2) is 7.27. The van der Waals surface area contributed by atoms with Crippen molar-refractivity contribution in [1.29, 1.82) is 0 Å². The Morgan fingerprint density at radius 2 is 2.00 bits per heavy atom. The first-order valence-corrected chi connectivity index (χ1v) is 8.74. The first-order chi connectivity index (χ1) is 10.7. The van der Waals surface area contributed by atoms with Crippen molar-refractivity contribution >= 4 is 5.91 Å². The molecule has 3 heterocycles. The number of amides is 1. The minimum absolute atomic E-state index is 0.0342. The van der Waals surface area contributed by atoms with E-state index in [1.54, 1.807) is 6.33 Å². The summed E-state index contributed by atoms with van der Waals surface area (Å²) in [6, 6.07) is 0.701. The minimum atomic E-state index is 0.0342. The topological polar surface area (TPSA) is 52.2 Å². The maximum atomic E-state index is 12.6. The highest BCUT2D eigenvalue weighted by molar-refractivity contribution is 5.78. The third-order valence-corrected chi connectivity index (χ3v) is 5.19. The number of hydrogen-bond acceptors (Lipinski definition) is 3. The van der Waals surface area contributed by atoms with Crippen molar-refractivity contribution in [2.45, 2.75) is 51.5 Å².